The lowest BCUT2D eigenvalue weighted by atomic mass is 9.92. The van der Waals surface area contributed by atoms with Gasteiger partial charge < -0.3 is 9.55 Å². The van der Waals surface area contributed by atoms with Gasteiger partial charge in [0, 0.05) is 71.0 Å². The predicted molar refractivity (Wildman–Crippen MR) is 195 cm³/mol. The molecule has 2 aliphatic heterocycles. The average molecular weight is 624 g/mol. The number of hydrogen-bond donors (Lipinski definition) is 1. The van der Waals surface area contributed by atoms with Gasteiger partial charge >= 0.3 is 5.69 Å². The number of rotatable bonds is 6. The lowest BCUT2D eigenvalue weighted by molar-refractivity contribution is 0.177. The van der Waals surface area contributed by atoms with Crippen molar-refractivity contribution in [1.29, 1.82) is 0 Å². The van der Waals surface area contributed by atoms with Crippen LogP contribution in [0.3, 0.4) is 0 Å². The highest BCUT2D eigenvalue weighted by Crippen LogP contribution is 2.44. The van der Waals surface area contributed by atoms with Gasteiger partial charge in [0.15, 0.2) is 0 Å². The molecular formula is C41H45N5O. The summed E-state index contributed by atoms with van der Waals surface area (Å²) in [6.07, 6.45) is 6.74. The molecule has 3 aromatic carbocycles. The Balaban J connectivity index is 0.00000113. The van der Waals surface area contributed by atoms with E-state index in [1.54, 1.807) is 6.08 Å². The van der Waals surface area contributed by atoms with Gasteiger partial charge in [-0.25, -0.2) is 9.78 Å². The van der Waals surface area contributed by atoms with Crippen molar-refractivity contribution in [3.8, 4) is 22.4 Å². The zero-order chi connectivity index (χ0) is 32.5. The van der Waals surface area contributed by atoms with Crippen LogP contribution in [-0.4, -0.2) is 37.1 Å². The predicted octanol–water partition coefficient (Wildman–Crippen LogP) is 8.86. The number of imidazole rings is 1. The van der Waals surface area contributed by atoms with Crippen LogP contribution in [0.25, 0.3) is 44.2 Å². The zero-order valence-electron chi connectivity index (χ0n) is 27.9. The van der Waals surface area contributed by atoms with E-state index in [0.29, 0.717) is 0 Å². The van der Waals surface area contributed by atoms with Crippen molar-refractivity contribution in [3.63, 3.8) is 0 Å². The Morgan fingerprint density at radius 2 is 1.64 bits per heavy atom. The highest BCUT2D eigenvalue weighted by molar-refractivity contribution is 6.18. The van der Waals surface area contributed by atoms with Crippen LogP contribution >= 0.6 is 0 Å². The first-order chi connectivity index (χ1) is 23.0. The smallest absolute Gasteiger partial charge is 0.326 e. The molecule has 6 nitrogen and oxygen atoms in total. The minimum atomic E-state index is 0.0498. The summed E-state index contributed by atoms with van der Waals surface area (Å²) in [7, 11) is 0. The quantitative estimate of drug-likeness (QED) is 0.189. The molecule has 6 heteroatoms. The SMILES string of the molecule is C=CC.CCc1[nH]c(=O)n(C2CCN(Cc3ccc(-c4nc5c6c(c4-c4ccccc4)c4ccccc4n6CCC5)cc3)CC2)c1C. The fraction of sp³-hybridized carbons (Fsp3) is 0.317. The largest absolute Gasteiger partial charge is 0.339 e. The fourth-order valence-electron chi connectivity index (χ4n) is 7.85. The van der Waals surface area contributed by atoms with Gasteiger partial charge in [0.2, 0.25) is 0 Å². The topological polar surface area (TPSA) is 58.9 Å². The second kappa shape index (κ2) is 13.2. The first kappa shape index (κ1) is 30.9. The summed E-state index contributed by atoms with van der Waals surface area (Å²) >= 11 is 0. The number of aryl methyl sites for hydroxylation is 3. The van der Waals surface area contributed by atoms with Gasteiger partial charge in [0.25, 0.3) is 0 Å². The van der Waals surface area contributed by atoms with E-state index in [2.05, 4.69) is 114 Å². The molecule has 0 atom stereocenters. The lowest BCUT2D eigenvalue weighted by Crippen LogP contribution is -2.37. The lowest BCUT2D eigenvalue weighted by Gasteiger charge is -2.32. The third-order valence-corrected chi connectivity index (χ3v) is 10.0. The second-order valence-corrected chi connectivity index (χ2v) is 13.0. The molecule has 0 radical (unpaired) electrons. The normalized spacial score (nSPS) is 15.1. The summed E-state index contributed by atoms with van der Waals surface area (Å²) in [6.45, 7) is 13.4. The fourth-order valence-corrected chi connectivity index (χ4v) is 7.85. The summed E-state index contributed by atoms with van der Waals surface area (Å²) in [5, 5.41) is 2.65. The molecule has 1 saturated heterocycles. The van der Waals surface area contributed by atoms with Crippen molar-refractivity contribution >= 4 is 21.8 Å². The molecule has 8 rings (SSSR count). The van der Waals surface area contributed by atoms with E-state index in [1.807, 2.05) is 11.5 Å². The molecular weight excluding hydrogens is 578 g/mol. The van der Waals surface area contributed by atoms with E-state index < -0.39 is 0 Å². The molecule has 0 unspecified atom stereocenters. The Bertz CT molecular complexity index is 2090. The van der Waals surface area contributed by atoms with Gasteiger partial charge in [0.1, 0.15) is 0 Å². The molecule has 0 bridgehead atoms. The maximum Gasteiger partial charge on any atom is 0.326 e. The maximum absolute atomic E-state index is 12.6. The number of nitrogens with one attached hydrogen (secondary N) is 1. The van der Waals surface area contributed by atoms with Gasteiger partial charge in [-0.2, -0.15) is 0 Å². The minimum absolute atomic E-state index is 0.0498. The van der Waals surface area contributed by atoms with Crippen LogP contribution in [0.4, 0.5) is 0 Å². The Morgan fingerprint density at radius 3 is 2.34 bits per heavy atom. The highest BCUT2D eigenvalue weighted by atomic mass is 16.1. The van der Waals surface area contributed by atoms with Gasteiger partial charge in [0.05, 0.1) is 16.9 Å². The molecule has 1 fully saturated rings. The molecule has 2 aliphatic rings. The molecule has 6 aromatic rings. The molecule has 0 amide bonds. The monoisotopic (exact) mass is 623 g/mol. The molecule has 0 aliphatic carbocycles. The number of piperidine rings is 1. The first-order valence-electron chi connectivity index (χ1n) is 17.2. The number of hydrogen-bond acceptors (Lipinski definition) is 3. The minimum Gasteiger partial charge on any atom is -0.339 e. The van der Waals surface area contributed by atoms with Crippen LogP contribution in [-0.2, 0) is 25.9 Å². The summed E-state index contributed by atoms with van der Waals surface area (Å²) in [5.74, 6) is 0. The summed E-state index contributed by atoms with van der Waals surface area (Å²) < 4.78 is 4.50. The number of likely N-dealkylation sites (tertiary alicyclic amines) is 1. The van der Waals surface area contributed by atoms with Gasteiger partial charge in [-0.05, 0) is 63.1 Å². The molecule has 1 N–H and O–H groups in total. The second-order valence-electron chi connectivity index (χ2n) is 13.0. The van der Waals surface area contributed by atoms with E-state index in [4.69, 9.17) is 4.98 Å². The molecule has 240 valence electrons. The average Bonchev–Trinajstić information content (AvgIpc) is 3.60. The third kappa shape index (κ3) is 5.65. The number of benzene rings is 3. The molecule has 0 saturated carbocycles. The summed E-state index contributed by atoms with van der Waals surface area (Å²) in [6, 6.07) is 29.0. The Labute approximate surface area is 277 Å². The van der Waals surface area contributed by atoms with Crippen LogP contribution in [0.5, 0.6) is 0 Å². The number of aromatic nitrogens is 4. The number of allylic oxidation sites excluding steroid dienone is 1. The standard InChI is InChI=1S/C38H39N5O.C3H6/c1-3-31-25(2)43(38(44)40-31)29-19-22-41(23-20-29)24-26-15-17-28(18-16-26)36-34(27-10-5-4-6-11-27)35-30-12-7-8-14-33(30)42-21-9-13-32(39-36)37(35)42;1-3-2/h4-8,10-12,14-18,29H,3,9,13,19-24H2,1-2H3,(H,40,44);3H,1H2,2H3. The summed E-state index contributed by atoms with van der Waals surface area (Å²) in [4.78, 5) is 23.6. The van der Waals surface area contributed by atoms with E-state index in [-0.39, 0.29) is 11.7 Å². The number of H-pyrrole nitrogens is 1. The number of nitrogens with zero attached hydrogens (tertiary/aromatic N) is 4. The molecule has 5 heterocycles. The van der Waals surface area contributed by atoms with Crippen LogP contribution in [0, 0.1) is 6.92 Å². The van der Waals surface area contributed by atoms with Crippen molar-refractivity contribution in [2.75, 3.05) is 13.1 Å². The third-order valence-electron chi connectivity index (χ3n) is 10.0. The van der Waals surface area contributed by atoms with Crippen molar-refractivity contribution in [2.45, 2.75) is 72.0 Å². The van der Waals surface area contributed by atoms with Crippen LogP contribution in [0.2, 0.25) is 0 Å². The van der Waals surface area contributed by atoms with Gasteiger partial charge in [-0.1, -0.05) is 85.8 Å². The van der Waals surface area contributed by atoms with Crippen molar-refractivity contribution in [3.05, 3.63) is 125 Å². The van der Waals surface area contributed by atoms with Gasteiger partial charge in [-0.3, -0.25) is 9.47 Å². The number of aromatic amines is 1. The van der Waals surface area contributed by atoms with E-state index >= 15 is 0 Å². The molecule has 0 spiro atoms. The Hall–Kier alpha value is -4.68. The zero-order valence-corrected chi connectivity index (χ0v) is 27.9. The Kier molecular flexibility index (Phi) is 8.70. The molecule has 47 heavy (non-hydrogen) atoms. The molecule has 3 aromatic heterocycles. The highest BCUT2D eigenvalue weighted by Gasteiger charge is 2.26. The van der Waals surface area contributed by atoms with Crippen molar-refractivity contribution in [2.24, 2.45) is 0 Å². The number of pyridine rings is 1. The van der Waals surface area contributed by atoms with Crippen molar-refractivity contribution in [1.82, 2.24) is 24.0 Å². The van der Waals surface area contributed by atoms with Crippen LogP contribution in [0.1, 0.15) is 61.8 Å². The maximum atomic E-state index is 12.6. The van der Waals surface area contributed by atoms with E-state index in [1.165, 1.54) is 49.8 Å². The first-order valence-corrected chi connectivity index (χ1v) is 17.2. The van der Waals surface area contributed by atoms with E-state index in [0.717, 1.165) is 75.4 Å². The number of para-hydroxylation sites is 1. The van der Waals surface area contributed by atoms with E-state index in [9.17, 15) is 4.79 Å². The summed E-state index contributed by atoms with van der Waals surface area (Å²) in [5.41, 5.74) is 12.1. The van der Waals surface area contributed by atoms with Crippen LogP contribution < -0.4 is 5.69 Å². The van der Waals surface area contributed by atoms with Crippen LogP contribution in [0.15, 0.2) is 96.3 Å². The Morgan fingerprint density at radius 1 is 0.936 bits per heavy atom. The van der Waals surface area contributed by atoms with Crippen molar-refractivity contribution < 1.29 is 0 Å². The van der Waals surface area contributed by atoms with Gasteiger partial charge in [-0.15, -0.1) is 6.58 Å². The number of fused-ring (bicyclic) bond motifs is 3.